The number of hydrogen-bond acceptors (Lipinski definition) is 3. The van der Waals surface area contributed by atoms with E-state index < -0.39 is 6.04 Å². The van der Waals surface area contributed by atoms with Gasteiger partial charge in [0.15, 0.2) is 6.61 Å². The standard InChI is InChI=1S/C24H29Cl3N2O3/c1-6-21(24(31)28-14(2)3)29(12-17-7-8-18(25)11-20(17)26)22(30)13-32-19-9-15(4)23(27)16(5)10-19/h7-11,14,21H,6,12-13H2,1-5H3,(H,28,31)/t21-/m0/s1. The summed E-state index contributed by atoms with van der Waals surface area (Å²) in [6, 6.07) is 7.92. The number of halogens is 3. The molecule has 0 radical (unpaired) electrons. The number of nitrogens with zero attached hydrogens (tertiary/aromatic N) is 1. The first-order chi connectivity index (χ1) is 15.0. The number of nitrogens with one attached hydrogen (secondary N) is 1. The Hall–Kier alpha value is -1.95. The molecule has 0 bridgehead atoms. The molecular weight excluding hydrogens is 471 g/mol. The lowest BCUT2D eigenvalue weighted by Gasteiger charge is -2.31. The van der Waals surface area contributed by atoms with Gasteiger partial charge in [-0.1, -0.05) is 47.8 Å². The van der Waals surface area contributed by atoms with Crippen LogP contribution < -0.4 is 10.1 Å². The van der Waals surface area contributed by atoms with Crippen LogP contribution in [0.3, 0.4) is 0 Å². The Kier molecular flexibility index (Phi) is 9.68. The second kappa shape index (κ2) is 11.8. The average molecular weight is 500 g/mol. The van der Waals surface area contributed by atoms with Gasteiger partial charge in [0, 0.05) is 27.7 Å². The molecule has 5 nitrogen and oxygen atoms in total. The molecule has 2 aromatic rings. The molecule has 0 unspecified atom stereocenters. The fourth-order valence-corrected chi connectivity index (χ4v) is 3.93. The smallest absolute Gasteiger partial charge is 0.261 e. The molecular formula is C24H29Cl3N2O3. The van der Waals surface area contributed by atoms with Gasteiger partial charge in [0.1, 0.15) is 11.8 Å². The van der Waals surface area contributed by atoms with Gasteiger partial charge in [-0.3, -0.25) is 9.59 Å². The van der Waals surface area contributed by atoms with Crippen LogP contribution in [0.4, 0.5) is 0 Å². The lowest BCUT2D eigenvalue weighted by molar-refractivity contribution is -0.143. The third-order valence-corrected chi connectivity index (χ3v) is 6.13. The van der Waals surface area contributed by atoms with Crippen LogP contribution >= 0.6 is 34.8 Å². The van der Waals surface area contributed by atoms with E-state index in [1.807, 2.05) is 34.6 Å². The van der Waals surface area contributed by atoms with E-state index in [9.17, 15) is 9.59 Å². The van der Waals surface area contributed by atoms with Crippen LogP contribution in [0.5, 0.6) is 5.75 Å². The maximum atomic E-state index is 13.3. The second-order valence-corrected chi connectivity index (χ2v) is 9.23. The highest BCUT2D eigenvalue weighted by molar-refractivity contribution is 6.35. The van der Waals surface area contributed by atoms with Gasteiger partial charge in [0.2, 0.25) is 5.91 Å². The number of ether oxygens (including phenoxy) is 1. The van der Waals surface area contributed by atoms with E-state index >= 15 is 0 Å². The summed E-state index contributed by atoms with van der Waals surface area (Å²) in [7, 11) is 0. The molecule has 8 heteroatoms. The molecule has 0 aromatic heterocycles. The predicted octanol–water partition coefficient (Wildman–Crippen LogP) is 5.97. The van der Waals surface area contributed by atoms with Crippen LogP contribution in [0.15, 0.2) is 30.3 Å². The quantitative estimate of drug-likeness (QED) is 0.462. The highest BCUT2D eigenvalue weighted by atomic mass is 35.5. The largest absolute Gasteiger partial charge is 0.484 e. The number of aryl methyl sites for hydroxylation is 2. The zero-order valence-corrected chi connectivity index (χ0v) is 21.2. The molecule has 2 amide bonds. The highest BCUT2D eigenvalue weighted by Gasteiger charge is 2.29. The van der Waals surface area contributed by atoms with Crippen molar-refractivity contribution in [3.63, 3.8) is 0 Å². The fraction of sp³-hybridized carbons (Fsp3) is 0.417. The SMILES string of the molecule is CC[C@@H](C(=O)NC(C)C)N(Cc1ccc(Cl)cc1Cl)C(=O)COc1cc(C)c(Cl)c(C)c1. The Morgan fingerprint density at radius 1 is 1.06 bits per heavy atom. The number of rotatable bonds is 9. The van der Waals surface area contributed by atoms with Crippen LogP contribution in [-0.2, 0) is 16.1 Å². The molecule has 0 aliphatic carbocycles. The Bertz CT molecular complexity index is 956. The summed E-state index contributed by atoms with van der Waals surface area (Å²) in [5.74, 6) is -0.00643. The normalized spacial score (nSPS) is 11.9. The minimum Gasteiger partial charge on any atom is -0.484 e. The molecule has 0 aliphatic heterocycles. The van der Waals surface area contributed by atoms with Crippen molar-refractivity contribution in [2.75, 3.05) is 6.61 Å². The number of hydrogen-bond donors (Lipinski definition) is 1. The molecule has 0 aliphatic rings. The zero-order chi connectivity index (χ0) is 24.0. The van der Waals surface area contributed by atoms with Crippen molar-refractivity contribution in [2.45, 2.75) is 59.7 Å². The highest BCUT2D eigenvalue weighted by Crippen LogP contribution is 2.27. The van der Waals surface area contributed by atoms with E-state index in [-0.39, 0.29) is 31.0 Å². The lowest BCUT2D eigenvalue weighted by Crippen LogP contribution is -2.51. The molecule has 0 saturated carbocycles. The topological polar surface area (TPSA) is 58.6 Å². The van der Waals surface area contributed by atoms with Crippen molar-refractivity contribution in [3.05, 3.63) is 62.1 Å². The first kappa shape index (κ1) is 26.3. The van der Waals surface area contributed by atoms with Gasteiger partial charge in [0.05, 0.1) is 0 Å². The van der Waals surface area contributed by atoms with E-state index in [1.165, 1.54) is 4.90 Å². The molecule has 174 valence electrons. The molecule has 0 spiro atoms. The van der Waals surface area contributed by atoms with Crippen LogP contribution in [0.25, 0.3) is 0 Å². The summed E-state index contributed by atoms with van der Waals surface area (Å²) >= 11 is 18.6. The van der Waals surface area contributed by atoms with Gasteiger partial charge in [0.25, 0.3) is 5.91 Å². The molecule has 1 atom stereocenters. The number of carbonyl (C=O) groups excluding carboxylic acids is 2. The minimum atomic E-state index is -0.672. The van der Waals surface area contributed by atoms with Gasteiger partial charge < -0.3 is 15.0 Å². The van der Waals surface area contributed by atoms with Gasteiger partial charge in [-0.15, -0.1) is 0 Å². The summed E-state index contributed by atoms with van der Waals surface area (Å²) in [6.07, 6.45) is 0.439. The van der Waals surface area contributed by atoms with Crippen molar-refractivity contribution in [2.24, 2.45) is 0 Å². The summed E-state index contributed by atoms with van der Waals surface area (Å²) in [4.78, 5) is 27.6. The van der Waals surface area contributed by atoms with Crippen LogP contribution in [0, 0.1) is 13.8 Å². The van der Waals surface area contributed by atoms with E-state index in [1.54, 1.807) is 30.3 Å². The van der Waals surface area contributed by atoms with Crippen molar-refractivity contribution in [1.29, 1.82) is 0 Å². The number of carbonyl (C=O) groups is 2. The summed E-state index contributed by atoms with van der Waals surface area (Å²) < 4.78 is 5.77. The molecule has 0 fully saturated rings. The first-order valence-electron chi connectivity index (χ1n) is 10.5. The van der Waals surface area contributed by atoms with Gasteiger partial charge >= 0.3 is 0 Å². The van der Waals surface area contributed by atoms with E-state index in [0.717, 1.165) is 11.1 Å². The van der Waals surface area contributed by atoms with Crippen molar-refractivity contribution in [1.82, 2.24) is 10.2 Å². The van der Waals surface area contributed by atoms with Crippen molar-refractivity contribution >= 4 is 46.6 Å². The van der Waals surface area contributed by atoms with Crippen molar-refractivity contribution < 1.29 is 14.3 Å². The predicted molar refractivity (Wildman–Crippen MR) is 131 cm³/mol. The number of benzene rings is 2. The Morgan fingerprint density at radius 3 is 2.22 bits per heavy atom. The fourth-order valence-electron chi connectivity index (χ4n) is 3.35. The Morgan fingerprint density at radius 2 is 1.69 bits per heavy atom. The monoisotopic (exact) mass is 498 g/mol. The molecule has 2 aromatic carbocycles. The zero-order valence-electron chi connectivity index (χ0n) is 19.0. The average Bonchev–Trinajstić information content (AvgIpc) is 2.71. The molecule has 2 rings (SSSR count). The molecule has 1 N–H and O–H groups in total. The maximum Gasteiger partial charge on any atom is 0.261 e. The first-order valence-corrected chi connectivity index (χ1v) is 11.6. The Balaban J connectivity index is 2.29. The summed E-state index contributed by atoms with van der Waals surface area (Å²) in [6.45, 7) is 9.30. The molecule has 0 heterocycles. The van der Waals surface area contributed by atoms with Gasteiger partial charge in [-0.2, -0.15) is 0 Å². The molecule has 32 heavy (non-hydrogen) atoms. The van der Waals surface area contributed by atoms with Crippen LogP contribution in [-0.4, -0.2) is 35.4 Å². The second-order valence-electron chi connectivity index (χ2n) is 8.00. The van der Waals surface area contributed by atoms with Gasteiger partial charge in [-0.25, -0.2) is 0 Å². The van der Waals surface area contributed by atoms with Crippen LogP contribution in [0.1, 0.15) is 43.9 Å². The van der Waals surface area contributed by atoms with E-state index in [0.29, 0.717) is 32.8 Å². The molecule has 0 saturated heterocycles. The van der Waals surface area contributed by atoms with Crippen LogP contribution in [0.2, 0.25) is 15.1 Å². The summed E-state index contributed by atoms with van der Waals surface area (Å²) in [5.41, 5.74) is 2.42. The summed E-state index contributed by atoms with van der Waals surface area (Å²) in [5, 5.41) is 4.49. The van der Waals surface area contributed by atoms with E-state index in [4.69, 9.17) is 39.5 Å². The third-order valence-electron chi connectivity index (χ3n) is 4.94. The third kappa shape index (κ3) is 7.03. The lowest BCUT2D eigenvalue weighted by atomic mass is 10.1. The maximum absolute atomic E-state index is 13.3. The number of amides is 2. The minimum absolute atomic E-state index is 0.0520. The van der Waals surface area contributed by atoms with Crippen molar-refractivity contribution in [3.8, 4) is 5.75 Å². The van der Waals surface area contributed by atoms with Gasteiger partial charge in [-0.05, 0) is 75.1 Å². The van der Waals surface area contributed by atoms with E-state index in [2.05, 4.69) is 5.32 Å². The Labute approximate surface area is 205 Å².